The van der Waals surface area contributed by atoms with Crippen molar-refractivity contribution >= 4 is 35.0 Å². The lowest BCUT2D eigenvalue weighted by Crippen LogP contribution is -2.54. The van der Waals surface area contributed by atoms with E-state index in [1.165, 1.54) is 16.8 Å². The molecule has 0 saturated carbocycles. The van der Waals surface area contributed by atoms with Crippen molar-refractivity contribution in [1.82, 2.24) is 20.6 Å². The van der Waals surface area contributed by atoms with E-state index in [4.69, 9.17) is 0 Å². The molecule has 3 aliphatic rings. The van der Waals surface area contributed by atoms with Crippen LogP contribution in [0.2, 0.25) is 0 Å². The highest BCUT2D eigenvalue weighted by Crippen LogP contribution is 2.41. The van der Waals surface area contributed by atoms with Crippen LogP contribution in [0.5, 0.6) is 0 Å². The van der Waals surface area contributed by atoms with E-state index in [1.807, 2.05) is 12.1 Å². The van der Waals surface area contributed by atoms with Crippen molar-refractivity contribution in [3.8, 4) is 0 Å². The van der Waals surface area contributed by atoms with Gasteiger partial charge in [0, 0.05) is 67.5 Å². The molecule has 9 nitrogen and oxygen atoms in total. The predicted octanol–water partition coefficient (Wildman–Crippen LogP) is 1.95. The number of carbonyl (C=O) groups is 2. The van der Waals surface area contributed by atoms with Crippen LogP contribution in [-0.4, -0.2) is 53.5 Å². The molecule has 3 aliphatic heterocycles. The number of hydrogen-bond donors (Lipinski definition) is 3. The largest absolute Gasteiger partial charge is 0.368 e. The van der Waals surface area contributed by atoms with E-state index >= 15 is 0 Å². The molecule has 172 valence electrons. The van der Waals surface area contributed by atoms with Gasteiger partial charge in [0.05, 0.1) is 0 Å². The third-order valence-corrected chi connectivity index (χ3v) is 6.69. The Morgan fingerprint density at radius 3 is 2.55 bits per heavy atom. The molecule has 5 rings (SSSR count). The van der Waals surface area contributed by atoms with Crippen LogP contribution in [0.25, 0.3) is 0 Å². The number of benzene rings is 1. The number of amides is 2. The summed E-state index contributed by atoms with van der Waals surface area (Å²) >= 11 is 0. The molecule has 33 heavy (non-hydrogen) atoms. The molecule has 1 aromatic heterocycles. The van der Waals surface area contributed by atoms with Crippen LogP contribution in [0.4, 0.5) is 23.1 Å². The summed E-state index contributed by atoms with van der Waals surface area (Å²) in [7, 11) is 0. The molecule has 2 unspecified atom stereocenters. The van der Waals surface area contributed by atoms with Crippen LogP contribution in [-0.2, 0) is 16.0 Å². The van der Waals surface area contributed by atoms with Crippen molar-refractivity contribution in [2.75, 3.05) is 34.8 Å². The molecule has 2 fully saturated rings. The number of piperazine rings is 1. The fourth-order valence-electron chi connectivity index (χ4n) is 5.16. The highest BCUT2D eigenvalue weighted by molar-refractivity contribution is 6.15. The van der Waals surface area contributed by atoms with Gasteiger partial charge in [0.1, 0.15) is 11.2 Å². The van der Waals surface area contributed by atoms with Gasteiger partial charge in [-0.25, -0.2) is 4.98 Å². The van der Waals surface area contributed by atoms with Crippen LogP contribution in [0.15, 0.2) is 43.2 Å². The first-order valence-corrected chi connectivity index (χ1v) is 11.4. The number of nitrogens with zero attached hydrogens (tertiary/aromatic N) is 4. The van der Waals surface area contributed by atoms with Gasteiger partial charge in [0.25, 0.3) is 0 Å². The fraction of sp³-hybridized carbons (Fsp3) is 0.417. The Hall–Kier alpha value is -3.46. The Bertz CT molecular complexity index is 1090. The molecular formula is C24H29N7O2. The number of hydrogen-bond acceptors (Lipinski definition) is 7. The molecule has 9 heteroatoms. The van der Waals surface area contributed by atoms with Crippen molar-refractivity contribution in [2.24, 2.45) is 5.41 Å². The lowest BCUT2D eigenvalue weighted by Gasteiger charge is -2.37. The van der Waals surface area contributed by atoms with E-state index in [0.717, 1.165) is 24.3 Å². The molecule has 1 aromatic carbocycles. The monoisotopic (exact) mass is 447 g/mol. The van der Waals surface area contributed by atoms with Crippen molar-refractivity contribution in [1.29, 1.82) is 0 Å². The summed E-state index contributed by atoms with van der Waals surface area (Å²) in [5.41, 5.74) is 1.70. The molecule has 0 aliphatic carbocycles. The van der Waals surface area contributed by atoms with Gasteiger partial charge in [0.15, 0.2) is 0 Å². The highest BCUT2D eigenvalue weighted by Gasteiger charge is 2.54. The first kappa shape index (κ1) is 21.4. The maximum absolute atomic E-state index is 13.2. The molecule has 3 atom stereocenters. The lowest BCUT2D eigenvalue weighted by atomic mass is 9.76. The van der Waals surface area contributed by atoms with Crippen LogP contribution in [0.3, 0.4) is 0 Å². The number of carbonyl (C=O) groups excluding carboxylic acids is 2. The van der Waals surface area contributed by atoms with Crippen LogP contribution >= 0.6 is 0 Å². The van der Waals surface area contributed by atoms with Gasteiger partial charge in [0.2, 0.25) is 17.8 Å². The molecule has 3 N–H and O–H groups in total. The molecule has 2 aromatic rings. The third-order valence-electron chi connectivity index (χ3n) is 6.69. The summed E-state index contributed by atoms with van der Waals surface area (Å²) < 4.78 is 0. The Morgan fingerprint density at radius 2 is 1.91 bits per heavy atom. The van der Waals surface area contributed by atoms with Crippen molar-refractivity contribution in [3.63, 3.8) is 0 Å². The first-order valence-electron chi connectivity index (χ1n) is 11.4. The van der Waals surface area contributed by atoms with Crippen LogP contribution in [0, 0.1) is 5.41 Å². The van der Waals surface area contributed by atoms with E-state index < -0.39 is 5.41 Å². The summed E-state index contributed by atoms with van der Waals surface area (Å²) in [5.74, 6) is 0.338. The lowest BCUT2D eigenvalue weighted by molar-refractivity contribution is -0.139. The summed E-state index contributed by atoms with van der Waals surface area (Å²) in [4.78, 5) is 38.4. The number of fused-ring (bicyclic) bond motifs is 1. The van der Waals surface area contributed by atoms with E-state index in [1.54, 1.807) is 6.20 Å². The van der Waals surface area contributed by atoms with E-state index in [-0.39, 0.29) is 11.8 Å². The van der Waals surface area contributed by atoms with Gasteiger partial charge in [-0.05, 0) is 44.5 Å². The van der Waals surface area contributed by atoms with Gasteiger partial charge >= 0.3 is 0 Å². The summed E-state index contributed by atoms with van der Waals surface area (Å²) in [6, 6.07) is 9.08. The minimum absolute atomic E-state index is 0.236. The molecule has 2 amide bonds. The zero-order valence-electron chi connectivity index (χ0n) is 19.0. The quantitative estimate of drug-likeness (QED) is 0.616. The SMILES string of the molecule is C=CN1C(=O)[C@]2(CCNC2=O)Cc2cnc(Nc3ccc(N4CC(C)NC(C)C4)cc3)nc21. The second-order valence-corrected chi connectivity index (χ2v) is 9.21. The smallest absolute Gasteiger partial charge is 0.248 e. The standard InChI is InChI=1S/C24H29N7O2/c1-4-31-20-17(11-24(22(31)33)9-10-25-21(24)32)12-26-23(29-20)28-18-5-7-19(8-6-18)30-13-15(2)27-16(3)14-30/h4-8,12,15-16,27H,1,9-11,13-14H2,2-3H3,(H,25,32)(H,26,28,29)/t15?,16?,24-/m1/s1. The van der Waals surface area contributed by atoms with E-state index in [2.05, 4.69) is 63.4 Å². The highest BCUT2D eigenvalue weighted by atomic mass is 16.2. The third kappa shape index (κ3) is 3.72. The molecule has 2 saturated heterocycles. The van der Waals surface area contributed by atoms with Gasteiger partial charge < -0.3 is 20.9 Å². The van der Waals surface area contributed by atoms with Gasteiger partial charge in [-0.15, -0.1) is 0 Å². The van der Waals surface area contributed by atoms with Crippen molar-refractivity contribution in [2.45, 2.75) is 38.8 Å². The van der Waals surface area contributed by atoms with Crippen molar-refractivity contribution in [3.05, 3.63) is 48.8 Å². The predicted molar refractivity (Wildman–Crippen MR) is 127 cm³/mol. The average molecular weight is 448 g/mol. The molecule has 0 radical (unpaired) electrons. The second-order valence-electron chi connectivity index (χ2n) is 9.21. The maximum Gasteiger partial charge on any atom is 0.248 e. The van der Waals surface area contributed by atoms with Gasteiger partial charge in [-0.3, -0.25) is 14.5 Å². The minimum atomic E-state index is -1.09. The van der Waals surface area contributed by atoms with Crippen LogP contribution < -0.4 is 25.8 Å². The zero-order valence-corrected chi connectivity index (χ0v) is 19.0. The fourth-order valence-corrected chi connectivity index (χ4v) is 5.16. The number of aromatic nitrogens is 2. The molecule has 0 bridgehead atoms. The Balaban J connectivity index is 1.36. The topological polar surface area (TPSA) is 102 Å². The maximum atomic E-state index is 13.2. The number of anilines is 4. The minimum Gasteiger partial charge on any atom is -0.368 e. The Morgan fingerprint density at radius 1 is 1.18 bits per heavy atom. The van der Waals surface area contributed by atoms with Crippen LogP contribution in [0.1, 0.15) is 25.8 Å². The Kier molecular flexibility index (Phi) is 5.28. The summed E-state index contributed by atoms with van der Waals surface area (Å²) in [5, 5.41) is 9.56. The zero-order chi connectivity index (χ0) is 23.2. The van der Waals surface area contributed by atoms with Gasteiger partial charge in [-0.2, -0.15) is 4.98 Å². The molecule has 1 spiro atoms. The molecular weight excluding hydrogens is 418 g/mol. The second kappa shape index (κ2) is 8.15. The van der Waals surface area contributed by atoms with Crippen molar-refractivity contribution < 1.29 is 9.59 Å². The number of nitrogens with one attached hydrogen (secondary N) is 3. The van der Waals surface area contributed by atoms with E-state index in [0.29, 0.717) is 43.2 Å². The summed E-state index contributed by atoms with van der Waals surface area (Å²) in [6.45, 7) is 10.6. The molecule has 4 heterocycles. The summed E-state index contributed by atoms with van der Waals surface area (Å²) in [6.07, 6.45) is 3.88. The normalized spacial score (nSPS) is 26.8. The average Bonchev–Trinajstić information content (AvgIpc) is 3.15. The Labute approximate surface area is 193 Å². The van der Waals surface area contributed by atoms with Gasteiger partial charge in [-0.1, -0.05) is 6.58 Å². The number of rotatable bonds is 4. The first-order chi connectivity index (χ1) is 15.9. The van der Waals surface area contributed by atoms with E-state index in [9.17, 15) is 9.59 Å².